The van der Waals surface area contributed by atoms with Crippen LogP contribution in [0.15, 0.2) is 6.33 Å². The molecule has 1 atom stereocenters. The first-order chi connectivity index (χ1) is 10.1. The first kappa shape index (κ1) is 14.5. The van der Waals surface area contributed by atoms with Gasteiger partial charge in [-0.2, -0.15) is 19.6 Å². The van der Waals surface area contributed by atoms with Crippen LogP contribution in [0.5, 0.6) is 0 Å². The van der Waals surface area contributed by atoms with Crippen LogP contribution >= 0.6 is 11.6 Å². The van der Waals surface area contributed by atoms with E-state index in [9.17, 15) is 0 Å². The van der Waals surface area contributed by atoms with E-state index in [1.54, 1.807) is 4.52 Å². The SMILES string of the molecule is Cc1c(Cl)nc2ncnn2c1NC(C)CN1CCOCC1. The first-order valence-electron chi connectivity index (χ1n) is 7.07. The molecular formula is C13H19ClN6O. The van der Waals surface area contributed by atoms with Crippen LogP contribution in [0.2, 0.25) is 5.15 Å². The van der Waals surface area contributed by atoms with Crippen LogP contribution < -0.4 is 5.32 Å². The largest absolute Gasteiger partial charge is 0.379 e. The van der Waals surface area contributed by atoms with E-state index < -0.39 is 0 Å². The lowest BCUT2D eigenvalue weighted by Gasteiger charge is -2.30. The molecule has 0 amide bonds. The Morgan fingerprint density at radius 2 is 2.19 bits per heavy atom. The molecule has 0 radical (unpaired) electrons. The van der Waals surface area contributed by atoms with Crippen LogP contribution in [-0.2, 0) is 4.74 Å². The molecule has 1 unspecified atom stereocenters. The van der Waals surface area contributed by atoms with E-state index in [0.29, 0.717) is 10.9 Å². The van der Waals surface area contributed by atoms with Crippen LogP contribution in [0.4, 0.5) is 5.82 Å². The molecule has 3 heterocycles. The molecule has 0 saturated carbocycles. The number of rotatable bonds is 4. The van der Waals surface area contributed by atoms with Gasteiger partial charge >= 0.3 is 0 Å². The second-order valence-electron chi connectivity index (χ2n) is 5.31. The quantitative estimate of drug-likeness (QED) is 0.857. The maximum absolute atomic E-state index is 6.17. The molecule has 1 N–H and O–H groups in total. The van der Waals surface area contributed by atoms with Crippen LogP contribution in [0.3, 0.4) is 0 Å². The number of morpholine rings is 1. The van der Waals surface area contributed by atoms with Gasteiger partial charge in [0.15, 0.2) is 0 Å². The van der Waals surface area contributed by atoms with Gasteiger partial charge in [-0.05, 0) is 13.8 Å². The van der Waals surface area contributed by atoms with Gasteiger partial charge in [0, 0.05) is 31.2 Å². The van der Waals surface area contributed by atoms with Crippen molar-refractivity contribution in [2.24, 2.45) is 0 Å². The second kappa shape index (κ2) is 6.13. The fourth-order valence-corrected chi connectivity index (χ4v) is 2.68. The van der Waals surface area contributed by atoms with E-state index in [0.717, 1.165) is 44.2 Å². The van der Waals surface area contributed by atoms with Crippen molar-refractivity contribution >= 4 is 23.2 Å². The number of aromatic nitrogens is 4. The molecule has 7 nitrogen and oxygen atoms in total. The predicted molar refractivity (Wildman–Crippen MR) is 80.9 cm³/mol. The molecule has 8 heteroatoms. The summed E-state index contributed by atoms with van der Waals surface area (Å²) in [5.74, 6) is 1.36. The Labute approximate surface area is 128 Å². The molecule has 1 aliphatic heterocycles. The number of anilines is 1. The molecule has 114 valence electrons. The van der Waals surface area contributed by atoms with Crippen molar-refractivity contribution in [2.75, 3.05) is 38.2 Å². The Morgan fingerprint density at radius 3 is 2.95 bits per heavy atom. The first-order valence-corrected chi connectivity index (χ1v) is 7.45. The topological polar surface area (TPSA) is 67.6 Å². The summed E-state index contributed by atoms with van der Waals surface area (Å²) in [4.78, 5) is 10.7. The molecule has 0 aliphatic carbocycles. The van der Waals surface area contributed by atoms with Gasteiger partial charge in [-0.1, -0.05) is 11.6 Å². The molecule has 21 heavy (non-hydrogen) atoms. The number of hydrogen-bond donors (Lipinski definition) is 1. The van der Waals surface area contributed by atoms with E-state index in [1.807, 2.05) is 6.92 Å². The van der Waals surface area contributed by atoms with Crippen molar-refractivity contribution in [3.63, 3.8) is 0 Å². The van der Waals surface area contributed by atoms with Crippen molar-refractivity contribution in [3.8, 4) is 0 Å². The van der Waals surface area contributed by atoms with Gasteiger partial charge in [0.25, 0.3) is 5.78 Å². The number of nitrogens with one attached hydrogen (secondary N) is 1. The summed E-state index contributed by atoms with van der Waals surface area (Å²) in [6.07, 6.45) is 1.48. The number of fused-ring (bicyclic) bond motifs is 1. The van der Waals surface area contributed by atoms with Gasteiger partial charge in [-0.3, -0.25) is 4.90 Å². The summed E-state index contributed by atoms with van der Waals surface area (Å²) < 4.78 is 7.06. The van der Waals surface area contributed by atoms with E-state index in [1.165, 1.54) is 6.33 Å². The third-order valence-corrected chi connectivity index (χ3v) is 3.99. The highest BCUT2D eigenvalue weighted by molar-refractivity contribution is 6.30. The molecule has 1 fully saturated rings. The highest BCUT2D eigenvalue weighted by Gasteiger charge is 2.17. The monoisotopic (exact) mass is 310 g/mol. The lowest BCUT2D eigenvalue weighted by Crippen LogP contribution is -2.42. The van der Waals surface area contributed by atoms with Crippen LogP contribution in [0.1, 0.15) is 12.5 Å². The minimum atomic E-state index is 0.257. The second-order valence-corrected chi connectivity index (χ2v) is 5.66. The van der Waals surface area contributed by atoms with E-state index in [4.69, 9.17) is 16.3 Å². The molecule has 0 aromatic carbocycles. The normalized spacial score (nSPS) is 18.0. The van der Waals surface area contributed by atoms with Crippen LogP contribution in [0, 0.1) is 6.92 Å². The zero-order chi connectivity index (χ0) is 14.8. The van der Waals surface area contributed by atoms with Gasteiger partial charge in [0.2, 0.25) is 0 Å². The summed E-state index contributed by atoms with van der Waals surface area (Å²) >= 11 is 6.17. The minimum absolute atomic E-state index is 0.257. The van der Waals surface area contributed by atoms with E-state index in [2.05, 4.69) is 32.2 Å². The van der Waals surface area contributed by atoms with Gasteiger partial charge in [0.05, 0.1) is 13.2 Å². The molecule has 2 aromatic heterocycles. The van der Waals surface area contributed by atoms with Crippen molar-refractivity contribution in [1.29, 1.82) is 0 Å². The number of ether oxygens (including phenoxy) is 1. The summed E-state index contributed by atoms with van der Waals surface area (Å²) in [6, 6.07) is 0.257. The molecule has 1 aliphatic rings. The molecule has 2 aromatic rings. The minimum Gasteiger partial charge on any atom is -0.379 e. The van der Waals surface area contributed by atoms with Gasteiger partial charge < -0.3 is 10.1 Å². The molecule has 0 bridgehead atoms. The Bertz CT molecular complexity index is 624. The lowest BCUT2D eigenvalue weighted by atomic mass is 10.2. The highest BCUT2D eigenvalue weighted by Crippen LogP contribution is 2.22. The third-order valence-electron chi connectivity index (χ3n) is 3.62. The zero-order valence-electron chi connectivity index (χ0n) is 12.2. The Balaban J connectivity index is 1.77. The van der Waals surface area contributed by atoms with E-state index >= 15 is 0 Å². The summed E-state index contributed by atoms with van der Waals surface area (Å²) in [5, 5.41) is 8.14. The van der Waals surface area contributed by atoms with Crippen LogP contribution in [-0.4, -0.2) is 63.4 Å². The standard InChI is InChI=1S/C13H19ClN6O/c1-9(7-19-3-5-21-6-4-19)17-12-10(2)11(14)18-13-15-8-16-20(12)13/h8-9,17H,3-7H2,1-2H3. The fraction of sp³-hybridized carbons (Fsp3) is 0.615. The summed E-state index contributed by atoms with van der Waals surface area (Å²) in [5.41, 5.74) is 0.878. The lowest BCUT2D eigenvalue weighted by molar-refractivity contribution is 0.0368. The van der Waals surface area contributed by atoms with Crippen molar-refractivity contribution in [3.05, 3.63) is 17.0 Å². The van der Waals surface area contributed by atoms with Gasteiger partial charge in [-0.25, -0.2) is 0 Å². The van der Waals surface area contributed by atoms with Crippen molar-refractivity contribution in [2.45, 2.75) is 19.9 Å². The fourth-order valence-electron chi connectivity index (χ4n) is 2.52. The zero-order valence-corrected chi connectivity index (χ0v) is 13.0. The molecule has 0 spiro atoms. The molecule has 3 rings (SSSR count). The Hall–Kier alpha value is -1.44. The number of nitrogens with zero attached hydrogens (tertiary/aromatic N) is 5. The number of hydrogen-bond acceptors (Lipinski definition) is 6. The maximum Gasteiger partial charge on any atom is 0.255 e. The summed E-state index contributed by atoms with van der Waals surface area (Å²) in [6.45, 7) is 8.58. The van der Waals surface area contributed by atoms with Gasteiger partial charge in [0.1, 0.15) is 17.3 Å². The van der Waals surface area contributed by atoms with Gasteiger partial charge in [-0.15, -0.1) is 0 Å². The maximum atomic E-state index is 6.17. The van der Waals surface area contributed by atoms with Crippen molar-refractivity contribution < 1.29 is 4.74 Å². The van der Waals surface area contributed by atoms with Crippen molar-refractivity contribution in [1.82, 2.24) is 24.5 Å². The summed E-state index contributed by atoms with van der Waals surface area (Å²) in [7, 11) is 0. The highest BCUT2D eigenvalue weighted by atomic mass is 35.5. The smallest absolute Gasteiger partial charge is 0.255 e. The Kier molecular flexibility index (Phi) is 4.23. The molecule has 1 saturated heterocycles. The Morgan fingerprint density at radius 1 is 1.43 bits per heavy atom. The third kappa shape index (κ3) is 3.09. The predicted octanol–water partition coefficient (Wildman–Crippen LogP) is 1.22. The average molecular weight is 311 g/mol. The molecular weight excluding hydrogens is 292 g/mol. The van der Waals surface area contributed by atoms with E-state index in [-0.39, 0.29) is 6.04 Å². The van der Waals surface area contributed by atoms with Crippen LogP contribution in [0.25, 0.3) is 5.78 Å². The number of halogens is 1. The average Bonchev–Trinajstić information content (AvgIpc) is 2.92.